The number of ether oxygens (including phenoxy) is 1. The molecule has 1 aliphatic carbocycles. The molecule has 1 aliphatic heterocycles. The van der Waals surface area contributed by atoms with Gasteiger partial charge >= 0.3 is 0 Å². The van der Waals surface area contributed by atoms with E-state index in [1.807, 2.05) is 0 Å². The summed E-state index contributed by atoms with van der Waals surface area (Å²) in [5, 5.41) is -0.139. The molecule has 2 aliphatic rings. The predicted molar refractivity (Wildman–Crippen MR) is 127 cm³/mol. The normalized spacial score (nSPS) is 24.7. The average molecular weight is 472 g/mol. The number of aromatic nitrogens is 2. The molecule has 1 saturated heterocycles. The minimum atomic E-state index is -3.94. The van der Waals surface area contributed by atoms with Gasteiger partial charge in [-0.15, -0.1) is 0 Å². The summed E-state index contributed by atoms with van der Waals surface area (Å²) in [7, 11) is -3.94. The molecule has 2 aromatic heterocycles. The Morgan fingerprint density at radius 1 is 1.18 bits per heavy atom. The van der Waals surface area contributed by atoms with Crippen LogP contribution in [-0.2, 0) is 9.84 Å². The van der Waals surface area contributed by atoms with Crippen LogP contribution in [0.2, 0.25) is 0 Å². The summed E-state index contributed by atoms with van der Waals surface area (Å²) in [5.41, 5.74) is 0.169. The fourth-order valence-electron chi connectivity index (χ4n) is 5.19. The minimum absolute atomic E-state index is 0.0428. The van der Waals surface area contributed by atoms with E-state index in [-0.39, 0.29) is 22.5 Å². The van der Waals surface area contributed by atoms with E-state index in [2.05, 4.69) is 42.6 Å². The predicted octanol–water partition coefficient (Wildman–Crippen LogP) is 4.33. The zero-order chi connectivity index (χ0) is 23.8. The van der Waals surface area contributed by atoms with Crippen LogP contribution in [0, 0.1) is 11.8 Å². The highest BCUT2D eigenvalue weighted by Gasteiger charge is 2.39. The Bertz CT molecular complexity index is 1130. The van der Waals surface area contributed by atoms with Crippen LogP contribution in [-0.4, -0.2) is 48.1 Å². The SMILES string of the molecule is CC1CN(c2ncccc2C(=O)CS(=O)(=O)c2cccc(O[C@@H]3CCC[C@@H]3C)n2)C(C)(C)C1. The number of sulfone groups is 1. The minimum Gasteiger partial charge on any atom is -0.474 e. The van der Waals surface area contributed by atoms with Gasteiger partial charge in [0.1, 0.15) is 17.7 Å². The van der Waals surface area contributed by atoms with E-state index in [1.165, 1.54) is 6.07 Å². The van der Waals surface area contributed by atoms with Crippen molar-refractivity contribution in [3.63, 3.8) is 0 Å². The number of hydrogen-bond acceptors (Lipinski definition) is 7. The molecule has 0 N–H and O–H groups in total. The molecular weight excluding hydrogens is 438 g/mol. The lowest BCUT2D eigenvalue weighted by Gasteiger charge is -2.33. The summed E-state index contributed by atoms with van der Waals surface area (Å²) >= 11 is 0. The second kappa shape index (κ2) is 9.05. The van der Waals surface area contributed by atoms with Gasteiger partial charge in [0.25, 0.3) is 0 Å². The van der Waals surface area contributed by atoms with E-state index < -0.39 is 21.4 Å². The Balaban J connectivity index is 1.55. The molecule has 0 spiro atoms. The standard InChI is InChI=1S/C25H33N3O4S/c1-17-14-25(3,4)28(15-17)24-19(9-7-13-26-24)20(29)16-33(30,31)23-12-6-11-22(27-23)32-21-10-5-8-18(21)2/h6-7,9,11-13,17-18,21H,5,8,10,14-16H2,1-4H3/t17?,18-,21+/m0/s1. The third-order valence-corrected chi connectivity index (χ3v) is 8.32. The molecule has 2 aromatic rings. The fourth-order valence-corrected chi connectivity index (χ4v) is 6.35. The van der Waals surface area contributed by atoms with Gasteiger partial charge in [0.15, 0.2) is 10.8 Å². The van der Waals surface area contributed by atoms with E-state index in [4.69, 9.17) is 4.74 Å². The first-order valence-corrected chi connectivity index (χ1v) is 13.3. The molecule has 7 nitrogen and oxygen atoms in total. The van der Waals surface area contributed by atoms with Crippen LogP contribution in [0.4, 0.5) is 5.82 Å². The molecule has 1 unspecified atom stereocenters. The van der Waals surface area contributed by atoms with Gasteiger partial charge in [0.2, 0.25) is 15.7 Å². The van der Waals surface area contributed by atoms with E-state index in [9.17, 15) is 13.2 Å². The van der Waals surface area contributed by atoms with Gasteiger partial charge in [-0.2, -0.15) is 0 Å². The first kappa shape index (κ1) is 23.7. The molecule has 3 heterocycles. The van der Waals surface area contributed by atoms with Crippen LogP contribution in [0.1, 0.15) is 63.7 Å². The summed E-state index contributed by atoms with van der Waals surface area (Å²) in [6, 6.07) is 8.03. The smallest absolute Gasteiger partial charge is 0.214 e. The molecule has 0 bridgehead atoms. The highest BCUT2D eigenvalue weighted by atomic mass is 32.2. The molecule has 0 aromatic carbocycles. The molecule has 8 heteroatoms. The quantitative estimate of drug-likeness (QED) is 0.555. The number of anilines is 1. The number of nitrogens with zero attached hydrogens (tertiary/aromatic N) is 3. The monoisotopic (exact) mass is 471 g/mol. The van der Waals surface area contributed by atoms with Crippen molar-refractivity contribution in [3.05, 3.63) is 42.1 Å². The Labute approximate surface area is 196 Å². The summed E-state index contributed by atoms with van der Waals surface area (Å²) in [5.74, 6) is 0.570. The number of hydrogen-bond donors (Lipinski definition) is 0. The molecule has 0 radical (unpaired) electrons. The van der Waals surface area contributed by atoms with E-state index in [0.29, 0.717) is 23.2 Å². The maximum absolute atomic E-state index is 13.2. The van der Waals surface area contributed by atoms with Crippen LogP contribution in [0.15, 0.2) is 41.6 Å². The number of rotatable bonds is 7. The lowest BCUT2D eigenvalue weighted by atomic mass is 9.97. The number of Topliss-reactive ketones (excluding diaryl/α,β-unsaturated/α-hetero) is 1. The van der Waals surface area contributed by atoms with Crippen molar-refractivity contribution in [2.75, 3.05) is 17.2 Å². The Kier molecular flexibility index (Phi) is 6.49. The second-order valence-corrected chi connectivity index (χ2v) is 12.1. The van der Waals surface area contributed by atoms with Gasteiger partial charge in [-0.25, -0.2) is 18.4 Å². The van der Waals surface area contributed by atoms with Crippen LogP contribution < -0.4 is 9.64 Å². The Morgan fingerprint density at radius 3 is 2.64 bits per heavy atom. The largest absolute Gasteiger partial charge is 0.474 e. The highest BCUT2D eigenvalue weighted by Crippen LogP contribution is 2.37. The average Bonchev–Trinajstić information content (AvgIpc) is 3.28. The number of pyridine rings is 2. The Morgan fingerprint density at radius 2 is 1.97 bits per heavy atom. The van der Waals surface area contributed by atoms with Gasteiger partial charge < -0.3 is 9.64 Å². The van der Waals surface area contributed by atoms with Crippen LogP contribution in [0.3, 0.4) is 0 Å². The molecule has 3 atom stereocenters. The van der Waals surface area contributed by atoms with Gasteiger partial charge in [0.05, 0.1) is 5.56 Å². The third-order valence-electron chi connectivity index (χ3n) is 6.81. The zero-order valence-electron chi connectivity index (χ0n) is 19.8. The van der Waals surface area contributed by atoms with Crippen LogP contribution >= 0.6 is 0 Å². The maximum atomic E-state index is 13.2. The van der Waals surface area contributed by atoms with Gasteiger partial charge in [-0.1, -0.05) is 19.9 Å². The molecule has 33 heavy (non-hydrogen) atoms. The van der Waals surface area contributed by atoms with Crippen molar-refractivity contribution in [2.24, 2.45) is 11.8 Å². The first-order valence-electron chi connectivity index (χ1n) is 11.7. The molecule has 1 saturated carbocycles. The Hall–Kier alpha value is -2.48. The molecule has 178 valence electrons. The van der Waals surface area contributed by atoms with Gasteiger partial charge in [-0.3, -0.25) is 4.79 Å². The molecule has 2 fully saturated rings. The summed E-state index contributed by atoms with van der Waals surface area (Å²) in [6.07, 6.45) is 5.79. The first-order chi connectivity index (χ1) is 15.6. The van der Waals surface area contributed by atoms with E-state index in [0.717, 1.165) is 32.2 Å². The lowest BCUT2D eigenvalue weighted by molar-refractivity contribution is 0.102. The van der Waals surface area contributed by atoms with E-state index >= 15 is 0 Å². The summed E-state index contributed by atoms with van der Waals surface area (Å²) in [6.45, 7) is 9.32. The molecular formula is C25H33N3O4S. The van der Waals surface area contributed by atoms with Crippen LogP contribution in [0.5, 0.6) is 5.88 Å². The zero-order valence-corrected chi connectivity index (χ0v) is 20.6. The second-order valence-electron chi connectivity index (χ2n) is 10.2. The van der Waals surface area contributed by atoms with Crippen molar-refractivity contribution in [2.45, 2.75) is 70.0 Å². The van der Waals surface area contributed by atoms with Crippen molar-refractivity contribution in [1.29, 1.82) is 0 Å². The van der Waals surface area contributed by atoms with Crippen molar-refractivity contribution in [3.8, 4) is 5.88 Å². The third kappa shape index (κ3) is 5.05. The van der Waals surface area contributed by atoms with Crippen molar-refractivity contribution in [1.82, 2.24) is 9.97 Å². The molecule has 4 rings (SSSR count). The van der Waals surface area contributed by atoms with Gasteiger partial charge in [-0.05, 0) is 69.6 Å². The van der Waals surface area contributed by atoms with Crippen LogP contribution in [0.25, 0.3) is 0 Å². The highest BCUT2D eigenvalue weighted by molar-refractivity contribution is 7.92. The fraction of sp³-hybridized carbons (Fsp3) is 0.560. The van der Waals surface area contributed by atoms with E-state index in [1.54, 1.807) is 30.5 Å². The van der Waals surface area contributed by atoms with Crippen molar-refractivity contribution < 1.29 is 17.9 Å². The van der Waals surface area contributed by atoms with Gasteiger partial charge in [0, 0.05) is 24.3 Å². The summed E-state index contributed by atoms with van der Waals surface area (Å²) < 4.78 is 32.2. The summed E-state index contributed by atoms with van der Waals surface area (Å²) in [4.78, 5) is 24.0. The lowest BCUT2D eigenvalue weighted by Crippen LogP contribution is -2.39. The topological polar surface area (TPSA) is 89.5 Å². The van der Waals surface area contributed by atoms with Crippen molar-refractivity contribution >= 4 is 21.4 Å². The number of ketones is 1. The number of carbonyl (C=O) groups excluding carboxylic acids is 1. The maximum Gasteiger partial charge on any atom is 0.214 e. The molecule has 0 amide bonds. The number of carbonyl (C=O) groups is 1.